The highest BCUT2D eigenvalue weighted by Crippen LogP contribution is 2.13. The van der Waals surface area contributed by atoms with Crippen LogP contribution < -0.4 is 11.1 Å². The minimum Gasteiger partial charge on any atom is -0.456 e. The second-order valence-electron chi connectivity index (χ2n) is 4.54. The topological polar surface area (TPSA) is 68.3 Å². The molecule has 0 spiro atoms. The van der Waals surface area contributed by atoms with Crippen LogP contribution in [0.2, 0.25) is 0 Å². The molecule has 0 saturated heterocycles. The zero-order valence-corrected chi connectivity index (χ0v) is 9.68. The average Bonchev–Trinajstić information content (AvgIpc) is 2.40. The van der Waals surface area contributed by atoms with E-state index in [0.29, 0.717) is 12.3 Å². The number of nitrogens with one attached hydrogen (secondary N) is 1. The van der Waals surface area contributed by atoms with E-state index in [1.807, 2.05) is 33.8 Å². The number of amides is 1. The van der Waals surface area contributed by atoms with Crippen LogP contribution in [0.5, 0.6) is 0 Å². The van der Waals surface area contributed by atoms with Gasteiger partial charge in [0.1, 0.15) is 5.76 Å². The van der Waals surface area contributed by atoms with Gasteiger partial charge in [-0.3, -0.25) is 4.79 Å². The first-order chi connectivity index (χ1) is 6.79. The van der Waals surface area contributed by atoms with Crippen LogP contribution in [0.4, 0.5) is 0 Å². The minimum absolute atomic E-state index is 0.209. The van der Waals surface area contributed by atoms with E-state index in [0.717, 1.165) is 11.3 Å². The summed E-state index contributed by atoms with van der Waals surface area (Å²) in [4.78, 5) is 11.7. The van der Waals surface area contributed by atoms with Crippen molar-refractivity contribution in [3.63, 3.8) is 0 Å². The number of rotatable bonds is 3. The van der Waals surface area contributed by atoms with E-state index in [-0.39, 0.29) is 5.91 Å². The average molecular weight is 210 g/mol. The molecule has 84 valence electrons. The van der Waals surface area contributed by atoms with Gasteiger partial charge < -0.3 is 15.5 Å². The molecule has 0 fully saturated rings. The molecule has 1 aromatic rings. The maximum absolute atomic E-state index is 11.7. The van der Waals surface area contributed by atoms with Crippen molar-refractivity contribution in [3.8, 4) is 0 Å². The Morgan fingerprint density at radius 2 is 2.13 bits per heavy atom. The lowest BCUT2D eigenvalue weighted by molar-refractivity contribution is 0.0916. The fourth-order valence-corrected chi connectivity index (χ4v) is 1.26. The van der Waals surface area contributed by atoms with Gasteiger partial charge in [0.05, 0.1) is 0 Å². The molecule has 0 aliphatic rings. The third-order valence-electron chi connectivity index (χ3n) is 1.95. The van der Waals surface area contributed by atoms with Crippen LogP contribution in [-0.2, 0) is 0 Å². The number of hydrogen-bond donors (Lipinski definition) is 2. The molecule has 0 aliphatic carbocycles. The third-order valence-corrected chi connectivity index (χ3v) is 1.95. The molecule has 0 atom stereocenters. The van der Waals surface area contributed by atoms with Crippen molar-refractivity contribution >= 4 is 5.91 Å². The lowest BCUT2D eigenvalue weighted by Gasteiger charge is -2.18. The normalized spacial score (nSPS) is 11.5. The summed E-state index contributed by atoms with van der Waals surface area (Å²) in [6, 6.07) is 1.84. The van der Waals surface area contributed by atoms with Crippen molar-refractivity contribution in [2.45, 2.75) is 33.2 Å². The standard InChI is InChI=1S/C11H18N2O2/c1-7-5-8(2)15-9(7)10(14)13-6-11(3,4)12/h5H,6,12H2,1-4H3,(H,13,14). The van der Waals surface area contributed by atoms with E-state index in [9.17, 15) is 4.79 Å². The van der Waals surface area contributed by atoms with E-state index in [1.165, 1.54) is 0 Å². The lowest BCUT2D eigenvalue weighted by Crippen LogP contribution is -2.45. The molecule has 1 rings (SSSR count). The molecule has 4 nitrogen and oxygen atoms in total. The molecule has 1 aromatic heterocycles. The van der Waals surface area contributed by atoms with Crippen molar-refractivity contribution in [1.29, 1.82) is 0 Å². The van der Waals surface area contributed by atoms with Crippen LogP contribution in [0.15, 0.2) is 10.5 Å². The van der Waals surface area contributed by atoms with Crippen LogP contribution in [0.3, 0.4) is 0 Å². The van der Waals surface area contributed by atoms with Crippen LogP contribution in [0.25, 0.3) is 0 Å². The summed E-state index contributed by atoms with van der Waals surface area (Å²) in [5, 5.41) is 2.74. The fraction of sp³-hybridized carbons (Fsp3) is 0.545. The smallest absolute Gasteiger partial charge is 0.287 e. The van der Waals surface area contributed by atoms with Gasteiger partial charge in [-0.1, -0.05) is 0 Å². The van der Waals surface area contributed by atoms with Crippen molar-refractivity contribution < 1.29 is 9.21 Å². The van der Waals surface area contributed by atoms with Gasteiger partial charge in [-0.25, -0.2) is 0 Å². The van der Waals surface area contributed by atoms with Gasteiger partial charge in [0, 0.05) is 17.6 Å². The van der Waals surface area contributed by atoms with Crippen LogP contribution >= 0.6 is 0 Å². The van der Waals surface area contributed by atoms with E-state index in [4.69, 9.17) is 10.2 Å². The molecule has 0 unspecified atom stereocenters. The number of carbonyl (C=O) groups is 1. The number of hydrogen-bond acceptors (Lipinski definition) is 3. The lowest BCUT2D eigenvalue weighted by atomic mass is 10.1. The summed E-state index contributed by atoms with van der Waals surface area (Å²) < 4.78 is 5.29. The Bertz CT molecular complexity index is 361. The predicted octanol–water partition coefficient (Wildman–Crippen LogP) is 1.36. The van der Waals surface area contributed by atoms with Crippen molar-refractivity contribution in [2.75, 3.05) is 6.54 Å². The molecule has 1 amide bonds. The number of nitrogens with two attached hydrogens (primary N) is 1. The van der Waals surface area contributed by atoms with Crippen molar-refractivity contribution in [2.24, 2.45) is 5.73 Å². The molecule has 0 aromatic carbocycles. The highest BCUT2D eigenvalue weighted by atomic mass is 16.3. The zero-order valence-electron chi connectivity index (χ0n) is 9.68. The summed E-state index contributed by atoms with van der Waals surface area (Å²) in [5.41, 5.74) is 6.20. The molecule has 15 heavy (non-hydrogen) atoms. The van der Waals surface area contributed by atoms with Crippen LogP contribution in [-0.4, -0.2) is 18.0 Å². The SMILES string of the molecule is Cc1cc(C)c(C(=O)NCC(C)(C)N)o1. The van der Waals surface area contributed by atoms with Crippen molar-refractivity contribution in [1.82, 2.24) is 5.32 Å². The molecule has 0 bridgehead atoms. The summed E-state index contributed by atoms with van der Waals surface area (Å²) in [5.74, 6) is 0.903. The van der Waals surface area contributed by atoms with E-state index >= 15 is 0 Å². The first-order valence-corrected chi connectivity index (χ1v) is 4.94. The Kier molecular flexibility index (Phi) is 3.19. The zero-order chi connectivity index (χ0) is 11.6. The van der Waals surface area contributed by atoms with E-state index in [2.05, 4.69) is 5.32 Å². The van der Waals surface area contributed by atoms with E-state index in [1.54, 1.807) is 0 Å². The quantitative estimate of drug-likeness (QED) is 0.791. The summed E-state index contributed by atoms with van der Waals surface area (Å²) in [6.07, 6.45) is 0. The Labute approximate surface area is 89.8 Å². The van der Waals surface area contributed by atoms with Gasteiger partial charge in [0.2, 0.25) is 0 Å². The number of furan rings is 1. The van der Waals surface area contributed by atoms with Gasteiger partial charge >= 0.3 is 0 Å². The summed E-state index contributed by atoms with van der Waals surface area (Å²) in [7, 11) is 0. The summed E-state index contributed by atoms with van der Waals surface area (Å²) in [6.45, 7) is 7.79. The number of carbonyl (C=O) groups excluding carboxylic acids is 1. The second kappa shape index (κ2) is 4.06. The Morgan fingerprint density at radius 3 is 2.53 bits per heavy atom. The molecule has 0 radical (unpaired) electrons. The molecule has 0 aliphatic heterocycles. The van der Waals surface area contributed by atoms with Gasteiger partial charge in [0.15, 0.2) is 5.76 Å². The Hall–Kier alpha value is -1.29. The van der Waals surface area contributed by atoms with Crippen LogP contribution in [0.1, 0.15) is 35.7 Å². The number of aryl methyl sites for hydroxylation is 2. The molecule has 4 heteroatoms. The van der Waals surface area contributed by atoms with Gasteiger partial charge in [-0.2, -0.15) is 0 Å². The fourth-order valence-electron chi connectivity index (χ4n) is 1.26. The van der Waals surface area contributed by atoms with Crippen LogP contribution in [0, 0.1) is 13.8 Å². The first kappa shape index (κ1) is 11.8. The van der Waals surface area contributed by atoms with Crippen molar-refractivity contribution in [3.05, 3.63) is 23.2 Å². The Morgan fingerprint density at radius 1 is 1.53 bits per heavy atom. The first-order valence-electron chi connectivity index (χ1n) is 4.94. The third kappa shape index (κ3) is 3.40. The maximum atomic E-state index is 11.7. The van der Waals surface area contributed by atoms with Gasteiger partial charge in [-0.05, 0) is 33.8 Å². The molecule has 0 saturated carbocycles. The molecule has 3 N–H and O–H groups in total. The highest BCUT2D eigenvalue weighted by Gasteiger charge is 2.17. The second-order valence-corrected chi connectivity index (χ2v) is 4.54. The minimum atomic E-state index is -0.412. The Balaban J connectivity index is 2.66. The molecular weight excluding hydrogens is 192 g/mol. The van der Waals surface area contributed by atoms with Gasteiger partial charge in [0.25, 0.3) is 5.91 Å². The summed E-state index contributed by atoms with van der Waals surface area (Å²) >= 11 is 0. The predicted molar refractivity (Wildman–Crippen MR) is 58.8 cm³/mol. The largest absolute Gasteiger partial charge is 0.456 e. The molecular formula is C11H18N2O2. The highest BCUT2D eigenvalue weighted by molar-refractivity contribution is 5.92. The monoisotopic (exact) mass is 210 g/mol. The van der Waals surface area contributed by atoms with E-state index < -0.39 is 5.54 Å². The maximum Gasteiger partial charge on any atom is 0.287 e. The van der Waals surface area contributed by atoms with Gasteiger partial charge in [-0.15, -0.1) is 0 Å². The molecule has 1 heterocycles.